The Bertz CT molecular complexity index is 1440. The zero-order valence-electron chi connectivity index (χ0n) is 26.5. The number of halogens is 2. The quantitative estimate of drug-likeness (QED) is 0.391. The summed E-state index contributed by atoms with van der Waals surface area (Å²) in [5.74, 6) is 0.498. The van der Waals surface area contributed by atoms with Crippen molar-refractivity contribution >= 4 is 3.71 Å². The van der Waals surface area contributed by atoms with Gasteiger partial charge in [0, 0.05) is 0 Å². The van der Waals surface area contributed by atoms with Crippen molar-refractivity contribution < 1.29 is 46.1 Å². The largest absolute Gasteiger partial charge is 1.00 e. The molecule has 3 aromatic carbocycles. The van der Waals surface area contributed by atoms with Crippen LogP contribution in [0.15, 0.2) is 87.7 Å². The van der Waals surface area contributed by atoms with E-state index < -0.39 is 21.3 Å². The Kier molecular flexibility index (Phi) is 10.1. The molecule has 0 radical (unpaired) electrons. The predicted octanol–water partition coefficient (Wildman–Crippen LogP) is 4.33. The van der Waals surface area contributed by atoms with Crippen LogP contribution in [0.1, 0.15) is 101 Å². The van der Waals surface area contributed by atoms with E-state index in [2.05, 4.69) is 152 Å². The molecule has 0 spiro atoms. The molecule has 0 N–H and O–H groups in total. The van der Waals surface area contributed by atoms with E-state index in [9.17, 15) is 0 Å². The third-order valence-electron chi connectivity index (χ3n) is 8.61. The van der Waals surface area contributed by atoms with Gasteiger partial charge in [-0.2, -0.15) is 0 Å². The summed E-state index contributed by atoms with van der Waals surface area (Å²) in [7, 11) is 0. The van der Waals surface area contributed by atoms with Crippen molar-refractivity contribution in [3.05, 3.63) is 116 Å². The maximum absolute atomic E-state index is 2.75. The van der Waals surface area contributed by atoms with Crippen molar-refractivity contribution in [1.82, 2.24) is 0 Å². The minimum atomic E-state index is -2.48. The molecular weight excluding hydrogens is 619 g/mol. The van der Waals surface area contributed by atoms with Crippen LogP contribution < -0.4 is 24.8 Å². The van der Waals surface area contributed by atoms with E-state index in [0.717, 1.165) is 0 Å². The second-order valence-corrected chi connectivity index (χ2v) is 20.6. The molecule has 0 fully saturated rings. The monoisotopic (exact) mass is 662 g/mol. The number of hydrogen-bond donors (Lipinski definition) is 0. The van der Waals surface area contributed by atoms with E-state index in [-0.39, 0.29) is 41.1 Å². The normalized spacial score (nSPS) is 16.8. The van der Waals surface area contributed by atoms with Crippen molar-refractivity contribution in [3.63, 3.8) is 0 Å². The van der Waals surface area contributed by atoms with E-state index in [0.29, 0.717) is 9.54 Å². The Hall–Kier alpha value is -1.53. The van der Waals surface area contributed by atoms with Crippen molar-refractivity contribution in [3.8, 4) is 11.1 Å². The van der Waals surface area contributed by atoms with Crippen molar-refractivity contribution in [2.75, 3.05) is 0 Å². The Morgan fingerprint density at radius 2 is 1.12 bits per heavy atom. The smallest absolute Gasteiger partial charge is 1.00 e. The fourth-order valence-corrected chi connectivity index (χ4v) is 14.2. The minimum absolute atomic E-state index is 0. The maximum atomic E-state index is 2.75. The van der Waals surface area contributed by atoms with Gasteiger partial charge in [-0.3, -0.25) is 0 Å². The Morgan fingerprint density at radius 3 is 1.54 bits per heavy atom. The first-order valence-electron chi connectivity index (χ1n) is 14.6. The van der Waals surface area contributed by atoms with E-state index in [1.807, 2.05) is 0 Å². The Morgan fingerprint density at radius 1 is 0.634 bits per heavy atom. The van der Waals surface area contributed by atoms with Gasteiger partial charge in [0.15, 0.2) is 0 Å². The van der Waals surface area contributed by atoms with Crippen LogP contribution >= 0.6 is 0 Å². The Labute approximate surface area is 269 Å². The van der Waals surface area contributed by atoms with Crippen LogP contribution in [0, 0.1) is 11.3 Å². The average molecular weight is 665 g/mol. The number of fused-ring (bicyclic) bond motifs is 3. The van der Waals surface area contributed by atoms with E-state index in [4.69, 9.17) is 0 Å². The second kappa shape index (κ2) is 12.2. The summed E-state index contributed by atoms with van der Waals surface area (Å²) >= 11 is -2.48. The number of benzene rings is 3. The van der Waals surface area contributed by atoms with Crippen LogP contribution in [-0.2, 0) is 32.1 Å². The van der Waals surface area contributed by atoms with Crippen molar-refractivity contribution in [2.45, 2.75) is 83.7 Å². The molecule has 216 valence electrons. The summed E-state index contributed by atoms with van der Waals surface area (Å²) in [6.07, 6.45) is 5.18. The van der Waals surface area contributed by atoms with E-state index >= 15 is 0 Å². The molecular formula is C38H46Cl2Zr. The molecule has 0 nitrogen and oxygen atoms in total. The van der Waals surface area contributed by atoms with Gasteiger partial charge in [-0.1, -0.05) is 0 Å². The van der Waals surface area contributed by atoms with Gasteiger partial charge in [0.1, 0.15) is 0 Å². The van der Waals surface area contributed by atoms with Crippen molar-refractivity contribution in [2.24, 2.45) is 11.3 Å². The molecule has 5 rings (SSSR count). The molecule has 0 saturated carbocycles. The first-order chi connectivity index (χ1) is 18.1. The molecule has 0 heterocycles. The van der Waals surface area contributed by atoms with Crippen LogP contribution in [0.5, 0.6) is 0 Å². The third-order valence-corrected chi connectivity index (χ3v) is 16.4. The van der Waals surface area contributed by atoms with E-state index in [1.165, 1.54) is 33.4 Å². The topological polar surface area (TPSA) is 0 Å². The summed E-state index contributed by atoms with van der Waals surface area (Å²) < 4.78 is 4.96. The van der Waals surface area contributed by atoms with Gasteiger partial charge in [0.05, 0.1) is 0 Å². The molecule has 0 amide bonds. The van der Waals surface area contributed by atoms with Gasteiger partial charge in [-0.25, -0.2) is 0 Å². The van der Waals surface area contributed by atoms with Gasteiger partial charge >= 0.3 is 247 Å². The van der Waals surface area contributed by atoms with Crippen molar-refractivity contribution in [1.29, 1.82) is 0 Å². The average Bonchev–Trinajstić information content (AvgIpc) is 3.39. The van der Waals surface area contributed by atoms with Gasteiger partial charge < -0.3 is 24.8 Å². The van der Waals surface area contributed by atoms with Crippen LogP contribution in [0.4, 0.5) is 0 Å². The van der Waals surface area contributed by atoms with Crippen LogP contribution in [0.25, 0.3) is 11.1 Å². The van der Waals surface area contributed by atoms with E-state index in [1.54, 1.807) is 14.4 Å². The molecule has 1 atom stereocenters. The van der Waals surface area contributed by atoms with Gasteiger partial charge in [0.2, 0.25) is 0 Å². The first-order valence-corrected chi connectivity index (χ1v) is 18.7. The Balaban J connectivity index is 0.00000231. The summed E-state index contributed by atoms with van der Waals surface area (Å²) in [6, 6.07) is 25.9. The number of hydrogen-bond acceptors (Lipinski definition) is 0. The fourth-order valence-electron chi connectivity index (χ4n) is 6.11. The second-order valence-electron chi connectivity index (χ2n) is 14.8. The molecule has 1 unspecified atom stereocenters. The standard InChI is InChI=1S/C21H25.C10H15.C7H6.2ClH.Zr/c1-20(2,3)16-7-9-18-14(12-16)11-15-13-17(21(4,5)6)8-10-19(15)18;1-8-5-6-9(7-8)10(2,3)4;1-7-5-3-2-4-6-7;;;/h7-13H,1-6H3;6-8H,1-4H3;1-6H;2*1H;/q;;;;;+2/p-2. The molecule has 0 saturated heterocycles. The molecule has 0 aromatic heterocycles. The number of rotatable bonds is 3. The summed E-state index contributed by atoms with van der Waals surface area (Å²) in [6.45, 7) is 23.6. The minimum Gasteiger partial charge on any atom is -1.00 e. The predicted molar refractivity (Wildman–Crippen MR) is 168 cm³/mol. The molecule has 3 aromatic rings. The fraction of sp³-hybridized carbons (Fsp3) is 0.395. The molecule has 41 heavy (non-hydrogen) atoms. The summed E-state index contributed by atoms with van der Waals surface area (Å²) in [5, 5.41) is 0. The van der Waals surface area contributed by atoms with Crippen LogP contribution in [-0.4, -0.2) is 3.71 Å². The molecule has 2 aliphatic carbocycles. The summed E-state index contributed by atoms with van der Waals surface area (Å²) in [5.41, 5.74) is 12.3. The first kappa shape index (κ1) is 34.0. The molecule has 2 aliphatic rings. The van der Waals surface area contributed by atoms with Gasteiger partial charge in [-0.15, -0.1) is 0 Å². The SMILES string of the molecule is CC1C=C(C(C)(C)C)C=[C]1/[Zr+2](=[CH]\c1ccccc1)[CH]1c2cc(C(C)(C)C)ccc2-c2ccc(C(C)(C)C)cc21.[Cl-].[Cl-]. The summed E-state index contributed by atoms with van der Waals surface area (Å²) in [4.78, 5) is 0. The van der Waals surface area contributed by atoms with Crippen LogP contribution in [0.3, 0.4) is 0 Å². The van der Waals surface area contributed by atoms with Crippen LogP contribution in [0.2, 0.25) is 0 Å². The third kappa shape index (κ3) is 6.84. The maximum Gasteiger partial charge on any atom is -1.00 e. The molecule has 0 aliphatic heterocycles. The zero-order chi connectivity index (χ0) is 28.3. The van der Waals surface area contributed by atoms with Gasteiger partial charge in [-0.05, 0) is 0 Å². The molecule has 0 bridgehead atoms. The molecule has 3 heteroatoms. The zero-order valence-corrected chi connectivity index (χ0v) is 30.5. The number of allylic oxidation sites excluding steroid dienone is 4. The van der Waals surface area contributed by atoms with Gasteiger partial charge in [0.25, 0.3) is 0 Å².